The number of carbonyl (C=O) groups is 1. The van der Waals surface area contributed by atoms with E-state index in [1.54, 1.807) is 14.2 Å². The molecule has 0 aliphatic carbocycles. The predicted molar refractivity (Wildman–Crippen MR) is 195 cm³/mol. The van der Waals surface area contributed by atoms with Crippen LogP contribution in [0.1, 0.15) is 44.4 Å². The summed E-state index contributed by atoms with van der Waals surface area (Å²) in [6.45, 7) is 17.2. The fourth-order valence-electron chi connectivity index (χ4n) is 5.90. The average Bonchev–Trinajstić information content (AvgIpc) is 3.11. The molecule has 3 aromatic carbocycles. The highest BCUT2D eigenvalue weighted by atomic mass is 16.5. The number of ketones is 1. The van der Waals surface area contributed by atoms with Gasteiger partial charge in [0.2, 0.25) is 0 Å². The van der Waals surface area contributed by atoms with Crippen LogP contribution in [-0.2, 0) is 11.3 Å². The van der Waals surface area contributed by atoms with Crippen molar-refractivity contribution in [2.75, 3.05) is 79.8 Å². The van der Waals surface area contributed by atoms with Gasteiger partial charge in [-0.3, -0.25) is 9.69 Å². The summed E-state index contributed by atoms with van der Waals surface area (Å²) in [5, 5.41) is 0. The predicted octanol–water partition coefficient (Wildman–Crippen LogP) is 6.70. The van der Waals surface area contributed by atoms with Crippen LogP contribution in [0, 0.1) is 0 Å². The molecule has 4 rings (SSSR count). The Labute approximate surface area is 287 Å². The van der Waals surface area contributed by atoms with E-state index in [2.05, 4.69) is 54.5 Å². The molecule has 1 aliphatic heterocycles. The van der Waals surface area contributed by atoms with Crippen LogP contribution in [0.15, 0.2) is 77.9 Å². The molecule has 0 aromatic heterocycles. The number of hydrogen-bond donors (Lipinski definition) is 0. The number of methoxy groups -OCH3 is 2. The molecule has 1 aliphatic rings. The van der Waals surface area contributed by atoms with Crippen molar-refractivity contribution in [3.63, 3.8) is 0 Å². The molecule has 0 bridgehead atoms. The standard InChI is InChI=1S/C40H53N3O5/c1-7-41(8-2)20-22-47-36-18-16-32(26-38(36)45-5)24-34-29-43(28-31-14-12-11-13-15-31)30-35(40(34)44)25-33-17-19-37(39(27-33)46-6)48-23-21-42(9-3)10-4/h11-19,24-27H,7-10,20-23,28-30H2,1-6H3/b34-24+,35-25+. The number of benzene rings is 3. The van der Waals surface area contributed by atoms with Gasteiger partial charge in [0.05, 0.1) is 14.2 Å². The molecule has 8 heteroatoms. The molecule has 1 saturated heterocycles. The molecule has 0 spiro atoms. The van der Waals surface area contributed by atoms with E-state index >= 15 is 0 Å². The molecular weight excluding hydrogens is 602 g/mol. The monoisotopic (exact) mass is 655 g/mol. The zero-order valence-corrected chi connectivity index (χ0v) is 29.7. The smallest absolute Gasteiger partial charge is 0.187 e. The van der Waals surface area contributed by atoms with Gasteiger partial charge >= 0.3 is 0 Å². The number of Topliss-reactive ketones (excluding diaryl/α,β-unsaturated/α-hetero) is 1. The maximum absolute atomic E-state index is 14.0. The Morgan fingerprint density at radius 2 is 1.10 bits per heavy atom. The second-order valence-electron chi connectivity index (χ2n) is 11.9. The second kappa shape index (κ2) is 19.0. The topological polar surface area (TPSA) is 63.7 Å². The summed E-state index contributed by atoms with van der Waals surface area (Å²) in [6.07, 6.45) is 3.95. The Morgan fingerprint density at radius 3 is 1.52 bits per heavy atom. The van der Waals surface area contributed by atoms with Crippen LogP contribution < -0.4 is 18.9 Å². The number of hydrogen-bond acceptors (Lipinski definition) is 8. The van der Waals surface area contributed by atoms with E-state index in [1.807, 2.05) is 66.7 Å². The summed E-state index contributed by atoms with van der Waals surface area (Å²) >= 11 is 0. The number of nitrogens with zero attached hydrogens (tertiary/aromatic N) is 3. The quantitative estimate of drug-likeness (QED) is 0.141. The maximum atomic E-state index is 14.0. The Kier molecular flexibility index (Phi) is 14.6. The third kappa shape index (κ3) is 10.4. The molecule has 3 aromatic rings. The number of carbonyl (C=O) groups excluding carboxylic acids is 1. The molecule has 0 amide bonds. The zero-order chi connectivity index (χ0) is 34.3. The summed E-state index contributed by atoms with van der Waals surface area (Å²) in [7, 11) is 3.29. The van der Waals surface area contributed by atoms with Crippen LogP contribution in [0.5, 0.6) is 23.0 Å². The third-order valence-corrected chi connectivity index (χ3v) is 8.80. The summed E-state index contributed by atoms with van der Waals surface area (Å²) < 4.78 is 23.5. The van der Waals surface area contributed by atoms with E-state index in [-0.39, 0.29) is 5.78 Å². The van der Waals surface area contributed by atoms with Crippen molar-refractivity contribution in [3.05, 3.63) is 94.6 Å². The number of likely N-dealkylation sites (N-methyl/N-ethyl adjacent to an activating group) is 2. The van der Waals surface area contributed by atoms with Gasteiger partial charge in [0.1, 0.15) is 13.2 Å². The highest BCUT2D eigenvalue weighted by Gasteiger charge is 2.26. The number of piperidine rings is 1. The van der Waals surface area contributed by atoms with Crippen LogP contribution in [0.3, 0.4) is 0 Å². The van der Waals surface area contributed by atoms with Gasteiger partial charge in [-0.05, 0) is 79.3 Å². The van der Waals surface area contributed by atoms with E-state index in [4.69, 9.17) is 18.9 Å². The first-order valence-corrected chi connectivity index (χ1v) is 17.2. The molecule has 0 N–H and O–H groups in total. The molecule has 0 saturated carbocycles. The number of ether oxygens (including phenoxy) is 4. The first-order chi connectivity index (χ1) is 23.4. The van der Waals surface area contributed by atoms with Crippen LogP contribution in [0.2, 0.25) is 0 Å². The highest BCUT2D eigenvalue weighted by Crippen LogP contribution is 2.32. The molecule has 1 fully saturated rings. The van der Waals surface area contributed by atoms with Crippen molar-refractivity contribution in [2.45, 2.75) is 34.2 Å². The molecule has 258 valence electrons. The largest absolute Gasteiger partial charge is 0.493 e. The third-order valence-electron chi connectivity index (χ3n) is 8.80. The van der Waals surface area contributed by atoms with Crippen molar-refractivity contribution in [3.8, 4) is 23.0 Å². The SMILES string of the molecule is CCN(CC)CCOc1ccc(/C=C2\CN(Cc3ccccc3)C/C(=C\c3ccc(OCCN(CC)CC)c(OC)c3)C2=O)cc1OC. The zero-order valence-electron chi connectivity index (χ0n) is 29.7. The van der Waals surface area contributed by atoms with Crippen molar-refractivity contribution < 1.29 is 23.7 Å². The van der Waals surface area contributed by atoms with E-state index in [0.717, 1.165) is 68.1 Å². The Bertz CT molecular complexity index is 1420. The van der Waals surface area contributed by atoms with Gasteiger partial charge in [-0.1, -0.05) is 70.2 Å². The van der Waals surface area contributed by atoms with E-state index in [1.165, 1.54) is 5.56 Å². The van der Waals surface area contributed by atoms with Crippen LogP contribution in [0.25, 0.3) is 12.2 Å². The number of likely N-dealkylation sites (tertiary alicyclic amines) is 1. The van der Waals surface area contributed by atoms with Crippen LogP contribution in [-0.4, -0.2) is 100 Å². The van der Waals surface area contributed by atoms with Gasteiger partial charge < -0.3 is 28.7 Å². The van der Waals surface area contributed by atoms with Crippen molar-refractivity contribution in [2.24, 2.45) is 0 Å². The Hall–Kier alpha value is -4.11. The van der Waals surface area contributed by atoms with E-state index in [9.17, 15) is 4.79 Å². The lowest BCUT2D eigenvalue weighted by molar-refractivity contribution is -0.113. The normalized spacial score (nSPS) is 15.5. The van der Waals surface area contributed by atoms with Gasteiger partial charge in [0, 0.05) is 43.9 Å². The minimum absolute atomic E-state index is 0.0383. The Morgan fingerprint density at radius 1 is 0.646 bits per heavy atom. The number of rotatable bonds is 18. The van der Waals surface area contributed by atoms with Crippen LogP contribution >= 0.6 is 0 Å². The summed E-state index contributed by atoms with van der Waals surface area (Å²) in [5.74, 6) is 2.73. The van der Waals surface area contributed by atoms with Gasteiger partial charge in [-0.2, -0.15) is 0 Å². The minimum Gasteiger partial charge on any atom is -0.493 e. The average molecular weight is 656 g/mol. The van der Waals surface area contributed by atoms with Crippen molar-refractivity contribution in [1.29, 1.82) is 0 Å². The van der Waals surface area contributed by atoms with Crippen molar-refractivity contribution in [1.82, 2.24) is 14.7 Å². The minimum atomic E-state index is 0.0383. The summed E-state index contributed by atoms with van der Waals surface area (Å²) in [5.41, 5.74) is 4.43. The first kappa shape index (κ1) is 36.7. The van der Waals surface area contributed by atoms with Gasteiger partial charge in [-0.25, -0.2) is 0 Å². The summed E-state index contributed by atoms with van der Waals surface area (Å²) in [4.78, 5) is 21.0. The molecule has 0 unspecified atom stereocenters. The van der Waals surface area contributed by atoms with Gasteiger partial charge in [0.25, 0.3) is 0 Å². The second-order valence-corrected chi connectivity index (χ2v) is 11.9. The van der Waals surface area contributed by atoms with Crippen LogP contribution in [0.4, 0.5) is 0 Å². The maximum Gasteiger partial charge on any atom is 0.187 e. The molecule has 1 heterocycles. The molecular formula is C40H53N3O5. The highest BCUT2D eigenvalue weighted by molar-refractivity contribution is 6.14. The van der Waals surface area contributed by atoms with E-state index in [0.29, 0.717) is 49.3 Å². The lowest BCUT2D eigenvalue weighted by Gasteiger charge is -2.30. The molecule has 8 nitrogen and oxygen atoms in total. The fourth-order valence-corrected chi connectivity index (χ4v) is 5.90. The summed E-state index contributed by atoms with van der Waals surface area (Å²) in [6, 6.07) is 22.1. The molecule has 0 atom stereocenters. The molecule has 48 heavy (non-hydrogen) atoms. The molecule has 0 radical (unpaired) electrons. The van der Waals surface area contributed by atoms with Gasteiger partial charge in [0.15, 0.2) is 28.8 Å². The van der Waals surface area contributed by atoms with Gasteiger partial charge in [-0.15, -0.1) is 0 Å². The lowest BCUT2D eigenvalue weighted by Crippen LogP contribution is -2.37. The Balaban J connectivity index is 1.58. The van der Waals surface area contributed by atoms with E-state index < -0.39 is 0 Å². The lowest BCUT2D eigenvalue weighted by atomic mass is 9.93. The fraction of sp³-hybridized carbons (Fsp3) is 0.425. The first-order valence-electron chi connectivity index (χ1n) is 17.2. The van der Waals surface area contributed by atoms with Crippen molar-refractivity contribution >= 4 is 17.9 Å².